The van der Waals surface area contributed by atoms with Gasteiger partial charge in [-0.15, -0.1) is 0 Å². The molecule has 96 valence electrons. The van der Waals surface area contributed by atoms with Gasteiger partial charge in [0.25, 0.3) is 0 Å². The van der Waals surface area contributed by atoms with Crippen LogP contribution in [0.1, 0.15) is 18.1 Å². The number of rotatable bonds is 5. The summed E-state index contributed by atoms with van der Waals surface area (Å²) < 4.78 is 2.10. The monoisotopic (exact) mass is 282 g/mol. The second kappa shape index (κ2) is 6.28. The van der Waals surface area contributed by atoms with Gasteiger partial charge in [-0.25, -0.2) is 0 Å². The topological polar surface area (TPSA) is 17.0 Å². The molecule has 1 aromatic heterocycles. The van der Waals surface area contributed by atoms with Crippen LogP contribution < -0.4 is 5.32 Å². The second-order valence-corrected chi connectivity index (χ2v) is 4.99. The van der Waals surface area contributed by atoms with Crippen molar-refractivity contribution in [3.8, 4) is 0 Å². The molecule has 0 saturated carbocycles. The van der Waals surface area contributed by atoms with Crippen molar-refractivity contribution in [2.75, 3.05) is 6.54 Å². The Morgan fingerprint density at radius 2 is 1.89 bits per heavy atom. The summed E-state index contributed by atoms with van der Waals surface area (Å²) >= 11 is 12.3. The molecule has 1 aromatic carbocycles. The number of halogens is 2. The first-order chi connectivity index (χ1) is 8.70. The molecule has 1 heterocycles. The second-order valence-electron chi connectivity index (χ2n) is 4.17. The molecule has 2 nitrogen and oxygen atoms in total. The van der Waals surface area contributed by atoms with E-state index in [0.717, 1.165) is 18.7 Å². The summed E-state index contributed by atoms with van der Waals surface area (Å²) in [5, 5.41) is 4.72. The van der Waals surface area contributed by atoms with Crippen LogP contribution in [0.4, 0.5) is 0 Å². The van der Waals surface area contributed by atoms with E-state index < -0.39 is 0 Å². The van der Waals surface area contributed by atoms with Gasteiger partial charge >= 0.3 is 0 Å². The van der Waals surface area contributed by atoms with E-state index in [-0.39, 0.29) is 0 Å². The Labute approximate surface area is 118 Å². The van der Waals surface area contributed by atoms with Crippen LogP contribution in [0.15, 0.2) is 36.7 Å². The number of benzene rings is 1. The molecular formula is C14H16Cl2N2. The summed E-state index contributed by atoms with van der Waals surface area (Å²) in [7, 11) is 0. The minimum Gasteiger partial charge on any atom is -0.349 e. The van der Waals surface area contributed by atoms with Crippen molar-refractivity contribution in [2.24, 2.45) is 0 Å². The highest BCUT2D eigenvalue weighted by Gasteiger charge is 2.06. The third-order valence-corrected chi connectivity index (χ3v) is 3.50. The van der Waals surface area contributed by atoms with Crippen LogP contribution in [-0.4, -0.2) is 11.1 Å². The highest BCUT2D eigenvalue weighted by molar-refractivity contribution is 6.35. The van der Waals surface area contributed by atoms with Crippen LogP contribution in [-0.2, 0) is 13.1 Å². The van der Waals surface area contributed by atoms with Crippen molar-refractivity contribution in [3.05, 3.63) is 57.8 Å². The van der Waals surface area contributed by atoms with E-state index >= 15 is 0 Å². The van der Waals surface area contributed by atoms with Crippen LogP contribution in [0.5, 0.6) is 0 Å². The van der Waals surface area contributed by atoms with E-state index in [0.29, 0.717) is 16.6 Å². The molecule has 0 aliphatic heterocycles. The van der Waals surface area contributed by atoms with Gasteiger partial charge in [0.2, 0.25) is 0 Å². The van der Waals surface area contributed by atoms with Crippen LogP contribution in [0.2, 0.25) is 10.0 Å². The number of nitrogens with one attached hydrogen (secondary N) is 1. The maximum absolute atomic E-state index is 6.16. The third kappa shape index (κ3) is 3.29. The minimum atomic E-state index is 0.699. The van der Waals surface area contributed by atoms with Crippen molar-refractivity contribution in [2.45, 2.75) is 20.0 Å². The lowest BCUT2D eigenvalue weighted by atomic mass is 10.2. The van der Waals surface area contributed by atoms with E-state index in [4.69, 9.17) is 23.2 Å². The Hall–Kier alpha value is -0.960. The number of hydrogen-bond donors (Lipinski definition) is 1. The molecule has 0 saturated heterocycles. The predicted molar refractivity (Wildman–Crippen MR) is 77.4 cm³/mol. The highest BCUT2D eigenvalue weighted by atomic mass is 35.5. The van der Waals surface area contributed by atoms with E-state index in [9.17, 15) is 0 Å². The standard InChI is InChI=1S/C14H16Cl2N2/c1-2-17-8-11-6-7-18(9-11)10-12-13(15)4-3-5-14(12)16/h3-7,9,17H,2,8,10H2,1H3. The van der Waals surface area contributed by atoms with Crippen LogP contribution in [0.25, 0.3) is 0 Å². The molecule has 0 aliphatic carbocycles. The maximum Gasteiger partial charge on any atom is 0.0499 e. The molecule has 2 aromatic rings. The molecule has 0 fully saturated rings. The van der Waals surface area contributed by atoms with Gasteiger partial charge in [0, 0.05) is 41.1 Å². The Morgan fingerprint density at radius 1 is 1.17 bits per heavy atom. The van der Waals surface area contributed by atoms with Crippen molar-refractivity contribution in [1.82, 2.24) is 9.88 Å². The van der Waals surface area contributed by atoms with Crippen molar-refractivity contribution in [3.63, 3.8) is 0 Å². The van der Waals surface area contributed by atoms with Crippen molar-refractivity contribution in [1.29, 1.82) is 0 Å². The fourth-order valence-electron chi connectivity index (χ4n) is 1.83. The lowest BCUT2D eigenvalue weighted by molar-refractivity contribution is 0.721. The minimum absolute atomic E-state index is 0.699. The van der Waals surface area contributed by atoms with Gasteiger partial charge in [-0.1, -0.05) is 36.2 Å². The SMILES string of the molecule is CCNCc1ccn(Cc2c(Cl)cccc2Cl)c1. The molecule has 18 heavy (non-hydrogen) atoms. The zero-order valence-electron chi connectivity index (χ0n) is 10.3. The average molecular weight is 283 g/mol. The quantitative estimate of drug-likeness (QED) is 0.879. The first kappa shape index (κ1) is 13.5. The summed E-state index contributed by atoms with van der Waals surface area (Å²) in [5.41, 5.74) is 2.23. The van der Waals surface area contributed by atoms with Gasteiger partial charge in [0.05, 0.1) is 0 Å². The Balaban J connectivity index is 2.11. The van der Waals surface area contributed by atoms with E-state index in [1.807, 2.05) is 24.4 Å². The average Bonchev–Trinajstić information content (AvgIpc) is 2.79. The molecule has 0 spiro atoms. The van der Waals surface area contributed by atoms with Crippen molar-refractivity contribution < 1.29 is 0 Å². The van der Waals surface area contributed by atoms with Gasteiger partial charge in [-0.3, -0.25) is 0 Å². The molecule has 0 amide bonds. The maximum atomic E-state index is 6.16. The van der Waals surface area contributed by atoms with Gasteiger partial charge in [0.1, 0.15) is 0 Å². The Morgan fingerprint density at radius 3 is 2.56 bits per heavy atom. The first-order valence-corrected chi connectivity index (χ1v) is 6.74. The number of aromatic nitrogens is 1. The molecule has 1 N–H and O–H groups in total. The lowest BCUT2D eigenvalue weighted by Gasteiger charge is -2.07. The predicted octanol–water partition coefficient (Wildman–Crippen LogP) is 3.95. The fraction of sp³-hybridized carbons (Fsp3) is 0.286. The summed E-state index contributed by atoms with van der Waals surface area (Å²) in [6.45, 7) is 4.66. The van der Waals surface area contributed by atoms with Crippen LogP contribution in [0, 0.1) is 0 Å². The molecule has 2 rings (SSSR count). The highest BCUT2D eigenvalue weighted by Crippen LogP contribution is 2.25. The third-order valence-electron chi connectivity index (χ3n) is 2.79. The lowest BCUT2D eigenvalue weighted by Crippen LogP contribution is -2.11. The Bertz CT molecular complexity index is 500. The molecule has 0 aliphatic rings. The summed E-state index contributed by atoms with van der Waals surface area (Å²) in [5.74, 6) is 0. The zero-order chi connectivity index (χ0) is 13.0. The zero-order valence-corrected chi connectivity index (χ0v) is 11.8. The largest absolute Gasteiger partial charge is 0.349 e. The van der Waals surface area contributed by atoms with Gasteiger partial charge < -0.3 is 9.88 Å². The van der Waals surface area contributed by atoms with Crippen molar-refractivity contribution >= 4 is 23.2 Å². The van der Waals surface area contributed by atoms with Gasteiger partial charge in [-0.05, 0) is 30.3 Å². The molecular weight excluding hydrogens is 267 g/mol. The number of hydrogen-bond acceptors (Lipinski definition) is 1. The molecule has 4 heteroatoms. The number of nitrogens with zero attached hydrogens (tertiary/aromatic N) is 1. The van der Waals surface area contributed by atoms with Gasteiger partial charge in [0.15, 0.2) is 0 Å². The van der Waals surface area contributed by atoms with Crippen LogP contribution in [0.3, 0.4) is 0 Å². The molecule has 0 bridgehead atoms. The van der Waals surface area contributed by atoms with E-state index in [1.54, 1.807) is 0 Å². The van der Waals surface area contributed by atoms with Crippen LogP contribution >= 0.6 is 23.2 Å². The summed E-state index contributed by atoms with van der Waals surface area (Å²) in [4.78, 5) is 0. The summed E-state index contributed by atoms with van der Waals surface area (Å²) in [6, 6.07) is 7.70. The smallest absolute Gasteiger partial charge is 0.0499 e. The Kier molecular flexibility index (Phi) is 4.70. The normalized spacial score (nSPS) is 10.8. The fourth-order valence-corrected chi connectivity index (χ4v) is 2.35. The van der Waals surface area contributed by atoms with Gasteiger partial charge in [-0.2, -0.15) is 0 Å². The van der Waals surface area contributed by atoms with E-state index in [2.05, 4.69) is 29.1 Å². The van der Waals surface area contributed by atoms with E-state index in [1.165, 1.54) is 5.56 Å². The molecule has 0 radical (unpaired) electrons. The first-order valence-electron chi connectivity index (χ1n) is 5.99. The molecule has 0 unspecified atom stereocenters. The molecule has 0 atom stereocenters. The summed E-state index contributed by atoms with van der Waals surface area (Å²) in [6.07, 6.45) is 4.16.